The first-order valence-corrected chi connectivity index (χ1v) is 10.7. The molecule has 2 aromatic carbocycles. The average molecular weight is 507 g/mol. The van der Waals surface area contributed by atoms with E-state index in [0.717, 1.165) is 10.1 Å². The van der Waals surface area contributed by atoms with Crippen LogP contribution in [0.3, 0.4) is 0 Å². The van der Waals surface area contributed by atoms with Crippen molar-refractivity contribution >= 4 is 23.6 Å². The van der Waals surface area contributed by atoms with Crippen LogP contribution in [0.4, 0.5) is 30.8 Å². The maximum Gasteiger partial charge on any atom is 0.353 e. The molecule has 0 aliphatic rings. The number of aryl methyl sites for hydroxylation is 1. The van der Waals surface area contributed by atoms with Gasteiger partial charge in [0.25, 0.3) is 0 Å². The smallest absolute Gasteiger partial charge is 0.353 e. The first kappa shape index (κ1) is 26.5. The van der Waals surface area contributed by atoms with Crippen LogP contribution >= 0.6 is 0 Å². The number of hydrogen-bond acceptors (Lipinski definition) is 9. The van der Waals surface area contributed by atoms with Gasteiger partial charge in [-0.1, -0.05) is 6.07 Å². The summed E-state index contributed by atoms with van der Waals surface area (Å²) in [5, 5.41) is 15.9. The van der Waals surface area contributed by atoms with Crippen molar-refractivity contribution in [2.75, 3.05) is 30.4 Å². The highest BCUT2D eigenvalue weighted by Crippen LogP contribution is 2.25. The predicted molar refractivity (Wildman–Crippen MR) is 124 cm³/mol. The summed E-state index contributed by atoms with van der Waals surface area (Å²) in [6, 6.07) is 6.50. The number of benzene rings is 2. The number of carbonyl (C=O) groups is 1. The van der Waals surface area contributed by atoms with Crippen LogP contribution in [-0.2, 0) is 16.6 Å². The van der Waals surface area contributed by atoms with Gasteiger partial charge in [0.05, 0.1) is 6.10 Å². The van der Waals surface area contributed by atoms with E-state index >= 15 is 0 Å². The fourth-order valence-electron chi connectivity index (χ4n) is 3.03. The number of anilines is 3. The zero-order valence-electron chi connectivity index (χ0n) is 19.6. The molecule has 3 rings (SSSR count). The van der Waals surface area contributed by atoms with Crippen LogP contribution in [0.2, 0.25) is 0 Å². The van der Waals surface area contributed by atoms with E-state index < -0.39 is 35.2 Å². The minimum atomic E-state index is -1.64. The Balaban J connectivity index is 1.73. The van der Waals surface area contributed by atoms with Crippen molar-refractivity contribution in [2.45, 2.75) is 20.0 Å². The lowest BCUT2D eigenvalue weighted by Crippen LogP contribution is -2.27. The quantitative estimate of drug-likeness (QED) is 0.216. The van der Waals surface area contributed by atoms with Gasteiger partial charge >= 0.3 is 11.7 Å². The van der Waals surface area contributed by atoms with E-state index in [9.17, 15) is 27.9 Å². The van der Waals surface area contributed by atoms with Crippen LogP contribution in [-0.4, -0.2) is 45.4 Å². The van der Waals surface area contributed by atoms with Crippen molar-refractivity contribution in [2.24, 2.45) is 7.05 Å². The third kappa shape index (κ3) is 6.72. The van der Waals surface area contributed by atoms with Crippen LogP contribution < -0.4 is 21.1 Å². The largest absolute Gasteiger partial charge is 0.490 e. The van der Waals surface area contributed by atoms with Gasteiger partial charge in [0.15, 0.2) is 17.5 Å². The molecule has 0 saturated carbocycles. The Morgan fingerprint density at radius 1 is 1.14 bits per heavy atom. The van der Waals surface area contributed by atoms with E-state index in [2.05, 4.69) is 20.6 Å². The van der Waals surface area contributed by atoms with E-state index in [0.29, 0.717) is 23.6 Å². The Kier molecular flexibility index (Phi) is 8.48. The van der Waals surface area contributed by atoms with E-state index in [-0.39, 0.29) is 37.2 Å². The van der Waals surface area contributed by atoms with E-state index in [4.69, 9.17) is 9.47 Å². The third-order valence-electron chi connectivity index (χ3n) is 4.98. The molecule has 0 saturated heterocycles. The first-order valence-electron chi connectivity index (χ1n) is 10.7. The second kappa shape index (κ2) is 11.5. The summed E-state index contributed by atoms with van der Waals surface area (Å²) in [5.41, 5.74) is 0.459. The number of rotatable bonds is 10. The number of halogens is 3. The summed E-state index contributed by atoms with van der Waals surface area (Å²) < 4.78 is 51.6. The topological polar surface area (TPSA) is 128 Å². The Labute approximate surface area is 203 Å². The van der Waals surface area contributed by atoms with Gasteiger partial charge in [0.2, 0.25) is 11.9 Å². The number of aliphatic hydroxyl groups is 1. The molecule has 10 nitrogen and oxygen atoms in total. The van der Waals surface area contributed by atoms with Crippen molar-refractivity contribution in [3.8, 4) is 5.75 Å². The number of ether oxygens (including phenoxy) is 2. The van der Waals surface area contributed by atoms with E-state index in [1.165, 1.54) is 14.0 Å². The molecule has 0 bridgehead atoms. The van der Waals surface area contributed by atoms with Crippen LogP contribution in [0.5, 0.6) is 5.75 Å². The fraction of sp³-hybridized carbons (Fsp3) is 0.304. The van der Waals surface area contributed by atoms with E-state index in [1.807, 2.05) is 6.92 Å². The molecule has 1 atom stereocenters. The third-order valence-corrected chi connectivity index (χ3v) is 4.98. The molecule has 1 unspecified atom stereocenters. The lowest BCUT2D eigenvalue weighted by Gasteiger charge is -2.16. The average Bonchev–Trinajstić information content (AvgIpc) is 2.82. The number of aliphatic hydroxyl groups excluding tert-OH is 1. The lowest BCUT2D eigenvalue weighted by atomic mass is 10.1. The normalized spacial score (nSPS) is 11.6. The van der Waals surface area contributed by atoms with Gasteiger partial charge in [-0.3, -0.25) is 9.36 Å². The van der Waals surface area contributed by atoms with Crippen molar-refractivity contribution < 1.29 is 32.5 Å². The monoisotopic (exact) mass is 507 g/mol. The molecule has 0 aliphatic heterocycles. The molecule has 13 heteroatoms. The number of aromatic nitrogens is 3. The van der Waals surface area contributed by atoms with Crippen LogP contribution in [0.25, 0.3) is 0 Å². The maximum absolute atomic E-state index is 13.5. The number of hydrogen-bond donors (Lipinski definition) is 3. The lowest BCUT2D eigenvalue weighted by molar-refractivity contribution is -0.141. The van der Waals surface area contributed by atoms with Gasteiger partial charge < -0.3 is 25.2 Å². The number of nitrogens with zero attached hydrogens (tertiary/aromatic N) is 3. The minimum absolute atomic E-state index is 0.00560. The number of esters is 1. The number of carbonyl (C=O) groups excluding carboxylic acids is 1. The highest BCUT2D eigenvalue weighted by molar-refractivity contribution is 5.65. The van der Waals surface area contributed by atoms with Crippen molar-refractivity contribution in [3.63, 3.8) is 0 Å². The van der Waals surface area contributed by atoms with Gasteiger partial charge in [-0.15, -0.1) is 0 Å². The Morgan fingerprint density at radius 3 is 2.50 bits per heavy atom. The molecule has 0 amide bonds. The second-order valence-electron chi connectivity index (χ2n) is 7.70. The predicted octanol–water partition coefficient (Wildman–Crippen LogP) is 2.73. The molecule has 0 fully saturated rings. The summed E-state index contributed by atoms with van der Waals surface area (Å²) in [6.07, 6.45) is -1.43. The zero-order valence-corrected chi connectivity index (χ0v) is 19.6. The molecule has 3 N–H and O–H groups in total. The fourth-order valence-corrected chi connectivity index (χ4v) is 3.03. The standard InChI is InChI=1S/C23H24F3N5O5/c1-12-4-5-15(36-7-6-35-13(2)32)10-18(12)28-21-29-22(31(3)23(34)30-21)27-11-19(33)14-8-16(24)20(26)17(25)9-14/h4-5,8-10,19,33H,6-7,11H2,1-3H3,(H2,27,28,29,30,34). The van der Waals surface area contributed by atoms with Crippen molar-refractivity contribution in [1.29, 1.82) is 0 Å². The van der Waals surface area contributed by atoms with Gasteiger partial charge in [0, 0.05) is 32.3 Å². The summed E-state index contributed by atoms with van der Waals surface area (Å²) in [6.45, 7) is 3.04. The highest BCUT2D eigenvalue weighted by atomic mass is 19.2. The zero-order chi connectivity index (χ0) is 26.4. The molecule has 0 radical (unpaired) electrons. The Hall–Kier alpha value is -4.13. The van der Waals surface area contributed by atoms with Gasteiger partial charge in [-0.05, 0) is 36.2 Å². The maximum atomic E-state index is 13.5. The molecule has 1 heterocycles. The molecular weight excluding hydrogens is 483 g/mol. The highest BCUT2D eigenvalue weighted by Gasteiger charge is 2.17. The van der Waals surface area contributed by atoms with Gasteiger partial charge in [-0.2, -0.15) is 9.97 Å². The SMILES string of the molecule is CC(=O)OCCOc1ccc(C)c(Nc2nc(NCC(O)c3cc(F)c(F)c(F)c3)n(C)c(=O)n2)c1. The Morgan fingerprint density at radius 2 is 1.83 bits per heavy atom. The molecular formula is C23H24F3N5O5. The molecule has 0 spiro atoms. The molecule has 0 aliphatic carbocycles. The first-order chi connectivity index (χ1) is 17.0. The van der Waals surface area contributed by atoms with Crippen LogP contribution in [0, 0.1) is 24.4 Å². The number of nitrogens with one attached hydrogen (secondary N) is 2. The molecule has 36 heavy (non-hydrogen) atoms. The van der Waals surface area contributed by atoms with Gasteiger partial charge in [-0.25, -0.2) is 18.0 Å². The van der Waals surface area contributed by atoms with Crippen LogP contribution in [0.15, 0.2) is 35.1 Å². The van der Waals surface area contributed by atoms with Gasteiger partial charge in [0.1, 0.15) is 19.0 Å². The Bertz CT molecular complexity index is 1290. The molecule has 192 valence electrons. The summed E-state index contributed by atoms with van der Waals surface area (Å²) in [7, 11) is 1.39. The van der Waals surface area contributed by atoms with Crippen molar-refractivity contribution in [3.05, 3.63) is 69.4 Å². The summed E-state index contributed by atoms with van der Waals surface area (Å²) >= 11 is 0. The summed E-state index contributed by atoms with van der Waals surface area (Å²) in [5.74, 6) is -4.50. The van der Waals surface area contributed by atoms with Crippen LogP contribution in [0.1, 0.15) is 24.2 Å². The molecule has 3 aromatic rings. The minimum Gasteiger partial charge on any atom is -0.490 e. The van der Waals surface area contributed by atoms with E-state index in [1.54, 1.807) is 18.2 Å². The molecule has 1 aromatic heterocycles. The second-order valence-corrected chi connectivity index (χ2v) is 7.70. The van der Waals surface area contributed by atoms with Crippen molar-refractivity contribution in [1.82, 2.24) is 14.5 Å². The summed E-state index contributed by atoms with van der Waals surface area (Å²) in [4.78, 5) is 31.3.